The molecule has 0 bridgehead atoms. The number of aryl methyl sites for hydroxylation is 1. The van der Waals surface area contributed by atoms with Crippen molar-refractivity contribution in [3.8, 4) is 11.3 Å². The van der Waals surface area contributed by atoms with Crippen LogP contribution in [0.25, 0.3) is 17.5 Å². The van der Waals surface area contributed by atoms with Gasteiger partial charge in [-0.2, -0.15) is 0 Å². The fourth-order valence-electron chi connectivity index (χ4n) is 3.78. The zero-order chi connectivity index (χ0) is 22.2. The molecule has 2 heterocycles. The molecule has 1 aliphatic rings. The minimum absolute atomic E-state index is 0.159. The van der Waals surface area contributed by atoms with Gasteiger partial charge in [-0.1, -0.05) is 23.7 Å². The van der Waals surface area contributed by atoms with Gasteiger partial charge in [0.25, 0.3) is 0 Å². The van der Waals surface area contributed by atoms with Gasteiger partial charge in [-0.3, -0.25) is 4.79 Å². The average Bonchev–Trinajstić information content (AvgIpc) is 3.19. The van der Waals surface area contributed by atoms with E-state index in [1.54, 1.807) is 29.4 Å². The van der Waals surface area contributed by atoms with Gasteiger partial charge in [0.1, 0.15) is 17.2 Å². The zero-order valence-corrected chi connectivity index (χ0v) is 18.2. The largest absolute Gasteiger partial charge is 0.320 e. The molecule has 1 amide bonds. The Morgan fingerprint density at radius 2 is 1.81 bits per heavy atom. The lowest BCUT2D eigenvalue weighted by atomic mass is 9.98. The number of imidazole rings is 1. The molecular formula is C24H24ClFN4O. The van der Waals surface area contributed by atoms with Crippen molar-refractivity contribution in [1.82, 2.24) is 14.5 Å². The zero-order valence-electron chi connectivity index (χ0n) is 17.4. The molecule has 0 saturated heterocycles. The molecule has 1 atom stereocenters. The molecule has 2 aromatic carbocycles. The van der Waals surface area contributed by atoms with Crippen LogP contribution in [0.2, 0.25) is 5.02 Å². The number of nitrogens with two attached hydrogens (primary N) is 1. The van der Waals surface area contributed by atoms with E-state index in [1.807, 2.05) is 48.9 Å². The summed E-state index contributed by atoms with van der Waals surface area (Å²) in [5, 5.41) is 0.680. The first kappa shape index (κ1) is 21.3. The maximum atomic E-state index is 13.3. The Morgan fingerprint density at radius 1 is 1.13 bits per heavy atom. The number of hydrogen-bond donors (Lipinski definition) is 1. The third-order valence-corrected chi connectivity index (χ3v) is 5.86. The van der Waals surface area contributed by atoms with E-state index in [1.165, 1.54) is 12.1 Å². The summed E-state index contributed by atoms with van der Waals surface area (Å²) in [4.78, 5) is 19.6. The number of nitrogens with zero attached hydrogens (tertiary/aromatic N) is 3. The van der Waals surface area contributed by atoms with Crippen molar-refractivity contribution in [2.24, 2.45) is 5.73 Å². The van der Waals surface area contributed by atoms with Gasteiger partial charge in [-0.15, -0.1) is 0 Å². The summed E-state index contributed by atoms with van der Waals surface area (Å²) < 4.78 is 15.1. The maximum Gasteiger partial charge on any atom is 0.244 e. The van der Waals surface area contributed by atoms with Crippen molar-refractivity contribution >= 4 is 23.7 Å². The molecule has 0 saturated carbocycles. The highest BCUT2D eigenvalue weighted by Gasteiger charge is 2.39. The van der Waals surface area contributed by atoms with Gasteiger partial charge in [-0.05, 0) is 68.7 Å². The molecule has 7 heteroatoms. The predicted octanol–water partition coefficient (Wildman–Crippen LogP) is 4.81. The summed E-state index contributed by atoms with van der Waals surface area (Å²) in [6.07, 6.45) is 6.63. The van der Waals surface area contributed by atoms with E-state index >= 15 is 0 Å². The number of amides is 1. The van der Waals surface area contributed by atoms with Crippen molar-refractivity contribution in [2.75, 3.05) is 0 Å². The Kier molecular flexibility index (Phi) is 5.69. The normalized spacial score (nSPS) is 15.6. The molecule has 31 heavy (non-hydrogen) atoms. The van der Waals surface area contributed by atoms with Gasteiger partial charge in [-0.25, -0.2) is 9.37 Å². The Hall–Kier alpha value is -2.96. The van der Waals surface area contributed by atoms with E-state index in [2.05, 4.69) is 0 Å². The molecule has 2 N–H and O–H groups in total. The number of carbonyl (C=O) groups is 1. The Labute approximate surface area is 186 Å². The van der Waals surface area contributed by atoms with Crippen LogP contribution in [-0.4, -0.2) is 26.4 Å². The number of rotatable bonds is 5. The van der Waals surface area contributed by atoms with Crippen LogP contribution < -0.4 is 5.73 Å². The second-order valence-corrected chi connectivity index (χ2v) is 8.64. The number of aromatic nitrogens is 2. The van der Waals surface area contributed by atoms with E-state index in [9.17, 15) is 9.18 Å². The first-order valence-corrected chi connectivity index (χ1v) is 10.5. The average molecular weight is 439 g/mol. The minimum atomic E-state index is -0.692. The lowest BCUT2D eigenvalue weighted by Crippen LogP contribution is -2.51. The second-order valence-electron chi connectivity index (χ2n) is 8.20. The van der Waals surface area contributed by atoms with E-state index in [-0.39, 0.29) is 11.7 Å². The van der Waals surface area contributed by atoms with Crippen molar-refractivity contribution < 1.29 is 9.18 Å². The quantitative estimate of drug-likeness (QED) is 0.621. The summed E-state index contributed by atoms with van der Waals surface area (Å²) >= 11 is 5.93. The van der Waals surface area contributed by atoms with Gasteiger partial charge < -0.3 is 15.2 Å². The molecule has 0 fully saturated rings. The molecule has 1 aromatic heterocycles. The van der Waals surface area contributed by atoms with Gasteiger partial charge in [0.2, 0.25) is 5.91 Å². The molecule has 160 valence electrons. The third kappa shape index (κ3) is 4.27. The van der Waals surface area contributed by atoms with Gasteiger partial charge in [0, 0.05) is 29.2 Å². The number of fused-ring (bicyclic) bond motifs is 1. The minimum Gasteiger partial charge on any atom is -0.320 e. The van der Waals surface area contributed by atoms with Crippen molar-refractivity contribution in [1.29, 1.82) is 0 Å². The summed E-state index contributed by atoms with van der Waals surface area (Å²) in [6, 6.07) is 13.1. The van der Waals surface area contributed by atoms with E-state index in [4.69, 9.17) is 22.3 Å². The van der Waals surface area contributed by atoms with Crippen LogP contribution in [0.3, 0.4) is 0 Å². The Morgan fingerprint density at radius 3 is 2.48 bits per heavy atom. The van der Waals surface area contributed by atoms with Crippen LogP contribution in [-0.2, 0) is 16.8 Å². The van der Waals surface area contributed by atoms with E-state index in [0.717, 1.165) is 11.1 Å². The molecule has 0 aliphatic carbocycles. The highest BCUT2D eigenvalue weighted by Crippen LogP contribution is 2.34. The Bertz CT molecular complexity index is 1120. The molecule has 0 radical (unpaired) electrons. The van der Waals surface area contributed by atoms with E-state index in [0.29, 0.717) is 29.4 Å². The van der Waals surface area contributed by atoms with E-state index < -0.39 is 11.6 Å². The highest BCUT2D eigenvalue weighted by molar-refractivity contribution is 6.30. The fourth-order valence-corrected chi connectivity index (χ4v) is 3.90. The summed E-state index contributed by atoms with van der Waals surface area (Å²) in [5.41, 5.74) is 8.18. The lowest BCUT2D eigenvalue weighted by molar-refractivity contribution is -0.135. The molecular weight excluding hydrogens is 415 g/mol. The topological polar surface area (TPSA) is 64.2 Å². The summed E-state index contributed by atoms with van der Waals surface area (Å²) in [6.45, 7) is 3.88. The fraction of sp³-hybridized carbons (Fsp3) is 0.250. The second kappa shape index (κ2) is 8.29. The van der Waals surface area contributed by atoms with Crippen LogP contribution in [0.1, 0.15) is 31.7 Å². The molecule has 1 unspecified atom stereocenters. The van der Waals surface area contributed by atoms with Crippen molar-refractivity contribution in [3.63, 3.8) is 0 Å². The van der Waals surface area contributed by atoms with Crippen LogP contribution >= 0.6 is 11.6 Å². The van der Waals surface area contributed by atoms with Crippen LogP contribution in [0, 0.1) is 5.82 Å². The third-order valence-electron chi connectivity index (χ3n) is 5.61. The summed E-state index contributed by atoms with van der Waals surface area (Å²) in [5.74, 6) is 0.262. The predicted molar refractivity (Wildman–Crippen MR) is 121 cm³/mol. The smallest absolute Gasteiger partial charge is 0.244 e. The van der Waals surface area contributed by atoms with Gasteiger partial charge in [0.15, 0.2) is 0 Å². The molecule has 1 aliphatic heterocycles. The molecule has 0 spiro atoms. The first-order valence-electron chi connectivity index (χ1n) is 10.1. The van der Waals surface area contributed by atoms with Crippen molar-refractivity contribution in [2.45, 2.75) is 38.3 Å². The number of hydrogen-bond acceptors (Lipinski definition) is 3. The maximum absolute atomic E-state index is 13.3. The van der Waals surface area contributed by atoms with Gasteiger partial charge in [0.05, 0.1) is 11.7 Å². The van der Waals surface area contributed by atoms with Gasteiger partial charge >= 0.3 is 0 Å². The lowest BCUT2D eigenvalue weighted by Gasteiger charge is -2.39. The monoisotopic (exact) mass is 438 g/mol. The standard InChI is InChI=1S/C24H24ClFN4O/c1-24(2)23-28-21(17-6-10-19(26)11-7-17)15-29(23)13-14-30(24)22(31)20(27)12-5-16-3-8-18(25)9-4-16/h3-4,6-11,13-15,20H,5,12,27H2,1-2H3. The number of carbonyl (C=O) groups excluding carboxylic acids is 1. The molecule has 5 nitrogen and oxygen atoms in total. The van der Waals surface area contributed by atoms with Crippen LogP contribution in [0.5, 0.6) is 0 Å². The first-order chi connectivity index (χ1) is 14.8. The Balaban J connectivity index is 1.51. The van der Waals surface area contributed by atoms with Crippen LogP contribution in [0.4, 0.5) is 4.39 Å². The highest BCUT2D eigenvalue weighted by atomic mass is 35.5. The SMILES string of the molecule is CC1(C)c2nc(-c3ccc(F)cc3)cn2C=CN1C(=O)C(N)CCc1ccc(Cl)cc1. The van der Waals surface area contributed by atoms with Crippen LogP contribution in [0.15, 0.2) is 60.9 Å². The number of halogens is 2. The summed E-state index contributed by atoms with van der Waals surface area (Å²) in [7, 11) is 0. The number of benzene rings is 2. The molecule has 3 aromatic rings. The molecule has 4 rings (SSSR count). The van der Waals surface area contributed by atoms with Crippen molar-refractivity contribution in [3.05, 3.63) is 83.2 Å².